The molecule has 3 aromatic rings. The number of methoxy groups -OCH3 is 2. The zero-order valence-electron chi connectivity index (χ0n) is 34.3. The Kier molecular flexibility index (Phi) is 18.3. The highest BCUT2D eigenvalue weighted by atomic mass is 16.7. The summed E-state index contributed by atoms with van der Waals surface area (Å²) in [5, 5.41) is 0. The van der Waals surface area contributed by atoms with Crippen LogP contribution >= 0.6 is 0 Å². The average molecular weight is 853 g/mol. The molecule has 0 saturated carbocycles. The Bertz CT molecular complexity index is 1920. The molecule has 0 radical (unpaired) electrons. The van der Waals surface area contributed by atoms with E-state index in [1.165, 1.54) is 50.6 Å². The summed E-state index contributed by atoms with van der Waals surface area (Å²) in [7, 11) is 2.51. The molecule has 1 fully saturated rings. The molecule has 0 bridgehead atoms. The van der Waals surface area contributed by atoms with E-state index in [-0.39, 0.29) is 16.7 Å². The van der Waals surface area contributed by atoms with Crippen LogP contribution < -0.4 is 0 Å². The second kappa shape index (κ2) is 23.5. The number of rotatable bonds is 20. The normalized spacial score (nSPS) is 20.3. The van der Waals surface area contributed by atoms with Crippen LogP contribution in [0.1, 0.15) is 58.8 Å². The first-order valence-electron chi connectivity index (χ1n) is 18.9. The minimum absolute atomic E-state index is 0.118. The first-order chi connectivity index (χ1) is 29.2. The maximum absolute atomic E-state index is 13.7. The van der Waals surface area contributed by atoms with Gasteiger partial charge in [-0.1, -0.05) is 54.6 Å². The first kappa shape index (κ1) is 47.5. The van der Waals surface area contributed by atoms with E-state index in [4.69, 9.17) is 52.1 Å². The Labute approximate surface area is 351 Å². The van der Waals surface area contributed by atoms with E-state index in [9.17, 15) is 33.6 Å². The Balaban J connectivity index is 1.75. The largest absolute Gasteiger partial charge is 0.463 e. The van der Waals surface area contributed by atoms with Gasteiger partial charge in [0.05, 0.1) is 23.3 Å². The van der Waals surface area contributed by atoms with Crippen LogP contribution in [0.2, 0.25) is 0 Å². The summed E-state index contributed by atoms with van der Waals surface area (Å²) in [5.41, 5.74) is 0.484. The molecule has 1 aliphatic heterocycles. The van der Waals surface area contributed by atoms with Gasteiger partial charge in [-0.15, -0.1) is 0 Å². The molecule has 3 aromatic carbocycles. The van der Waals surface area contributed by atoms with E-state index >= 15 is 0 Å². The van der Waals surface area contributed by atoms with Crippen LogP contribution in [-0.2, 0) is 71.3 Å². The molecule has 1 saturated heterocycles. The SMILES string of the molecule is CO[C@@H]([C@H](OC)[C@@H](CO[C@@H]1O[C@H](COC(C)=O)[C@@H](OC(C)=O)[C@H](OC(C)=O)[C@H]1OC(C)=O)OC(=O)c1ccccc1)[C@@H](COC(=O)c1ccccc1)OC(=O)c1ccccc1. The predicted octanol–water partition coefficient (Wildman–Crippen LogP) is 3.42. The topological polar surface area (TPSA) is 221 Å². The number of carbonyl (C=O) groups excluding carboxylic acids is 7. The molecule has 1 heterocycles. The third kappa shape index (κ3) is 14.2. The maximum atomic E-state index is 13.7. The molecule has 0 aromatic heterocycles. The fourth-order valence-corrected chi connectivity index (χ4v) is 6.27. The third-order valence-corrected chi connectivity index (χ3v) is 8.90. The van der Waals surface area contributed by atoms with Gasteiger partial charge in [-0.3, -0.25) is 19.2 Å². The summed E-state index contributed by atoms with van der Waals surface area (Å²) >= 11 is 0. The lowest BCUT2D eigenvalue weighted by Gasteiger charge is -2.44. The predicted molar refractivity (Wildman–Crippen MR) is 208 cm³/mol. The molecule has 0 aliphatic carbocycles. The maximum Gasteiger partial charge on any atom is 0.338 e. The first-order valence-corrected chi connectivity index (χ1v) is 18.9. The van der Waals surface area contributed by atoms with Crippen molar-refractivity contribution in [3.05, 3.63) is 108 Å². The number of ether oxygens (including phenoxy) is 11. The number of hydrogen-bond donors (Lipinski definition) is 0. The van der Waals surface area contributed by atoms with Crippen LogP contribution in [0.5, 0.6) is 0 Å². The Morgan fingerprint density at radius 3 is 1.34 bits per heavy atom. The fraction of sp³-hybridized carbons (Fsp3) is 0.419. The van der Waals surface area contributed by atoms with Crippen LogP contribution in [0, 0.1) is 0 Å². The van der Waals surface area contributed by atoms with Crippen molar-refractivity contribution < 1.29 is 85.7 Å². The van der Waals surface area contributed by atoms with Gasteiger partial charge in [-0.05, 0) is 36.4 Å². The molecule has 328 valence electrons. The number of esters is 7. The van der Waals surface area contributed by atoms with Gasteiger partial charge in [-0.25, -0.2) is 14.4 Å². The molecule has 0 unspecified atom stereocenters. The van der Waals surface area contributed by atoms with E-state index in [2.05, 4.69) is 0 Å². The summed E-state index contributed by atoms with van der Waals surface area (Å²) < 4.78 is 63.1. The van der Waals surface area contributed by atoms with Crippen molar-refractivity contribution in [2.45, 2.75) is 82.8 Å². The molecule has 0 amide bonds. The van der Waals surface area contributed by atoms with Gasteiger partial charge in [-0.2, -0.15) is 0 Å². The molecule has 18 heteroatoms. The average Bonchev–Trinajstić information content (AvgIpc) is 3.24. The minimum atomic E-state index is -1.68. The summed E-state index contributed by atoms with van der Waals surface area (Å²) in [4.78, 5) is 89.2. The smallest absolute Gasteiger partial charge is 0.338 e. The van der Waals surface area contributed by atoms with Gasteiger partial charge < -0.3 is 52.1 Å². The lowest BCUT2D eigenvalue weighted by atomic mass is 9.98. The van der Waals surface area contributed by atoms with Gasteiger partial charge in [0.2, 0.25) is 0 Å². The summed E-state index contributed by atoms with van der Waals surface area (Å²) in [6.45, 7) is 2.56. The van der Waals surface area contributed by atoms with Gasteiger partial charge in [0.25, 0.3) is 0 Å². The van der Waals surface area contributed by atoms with E-state index < -0.39 is 117 Å². The van der Waals surface area contributed by atoms with Crippen LogP contribution in [0.3, 0.4) is 0 Å². The van der Waals surface area contributed by atoms with E-state index in [0.717, 1.165) is 27.7 Å². The minimum Gasteiger partial charge on any atom is -0.463 e. The van der Waals surface area contributed by atoms with Crippen LogP contribution in [0.15, 0.2) is 91.0 Å². The molecular formula is C43H48O18. The highest BCUT2D eigenvalue weighted by Crippen LogP contribution is 2.31. The lowest BCUT2D eigenvalue weighted by Crippen LogP contribution is -2.63. The standard InChI is InChI=1S/C43H48O18/c1-25(44)53-22-34-37(56-26(2)45)38(57-27(3)46)39(58-28(4)47)43(61-34)55-24-33(60-42(50)31-20-14-9-15-21-31)36(52-6)35(51-5)32(59-41(49)30-18-12-8-13-19-30)23-54-40(48)29-16-10-7-11-17-29/h7-21,32-39,43H,22-24H2,1-6H3/t32-,33-,34-,35-,36-,37-,38+,39-,43-/m1/s1. The summed E-state index contributed by atoms with van der Waals surface area (Å²) in [5.74, 6) is -5.73. The van der Waals surface area contributed by atoms with Crippen LogP contribution in [-0.4, -0.2) is 131 Å². The zero-order chi connectivity index (χ0) is 44.5. The van der Waals surface area contributed by atoms with Crippen molar-refractivity contribution in [3.8, 4) is 0 Å². The summed E-state index contributed by atoms with van der Waals surface area (Å²) in [6.07, 6.45) is -13.4. The van der Waals surface area contributed by atoms with Crippen molar-refractivity contribution in [3.63, 3.8) is 0 Å². The lowest BCUT2D eigenvalue weighted by molar-refractivity contribution is -0.313. The van der Waals surface area contributed by atoms with Gasteiger partial charge >= 0.3 is 41.8 Å². The van der Waals surface area contributed by atoms with Crippen molar-refractivity contribution in [2.75, 3.05) is 34.0 Å². The second-order valence-corrected chi connectivity index (χ2v) is 13.4. The number of hydrogen-bond acceptors (Lipinski definition) is 18. The highest BCUT2D eigenvalue weighted by molar-refractivity contribution is 5.90. The van der Waals surface area contributed by atoms with E-state index in [1.54, 1.807) is 54.6 Å². The quantitative estimate of drug-likeness (QED) is 0.117. The molecule has 1 aliphatic rings. The fourth-order valence-electron chi connectivity index (χ4n) is 6.27. The third-order valence-electron chi connectivity index (χ3n) is 8.90. The Morgan fingerprint density at radius 1 is 0.508 bits per heavy atom. The van der Waals surface area contributed by atoms with Crippen LogP contribution in [0.25, 0.3) is 0 Å². The molecular weight excluding hydrogens is 804 g/mol. The van der Waals surface area contributed by atoms with Crippen molar-refractivity contribution in [1.82, 2.24) is 0 Å². The van der Waals surface area contributed by atoms with E-state index in [0.29, 0.717) is 0 Å². The van der Waals surface area contributed by atoms with Gasteiger partial charge in [0, 0.05) is 41.9 Å². The molecule has 18 nitrogen and oxygen atoms in total. The van der Waals surface area contributed by atoms with Crippen molar-refractivity contribution >= 4 is 41.8 Å². The zero-order valence-corrected chi connectivity index (χ0v) is 34.3. The van der Waals surface area contributed by atoms with Gasteiger partial charge in [0.15, 0.2) is 36.8 Å². The van der Waals surface area contributed by atoms with Gasteiger partial charge in [0.1, 0.15) is 31.5 Å². The van der Waals surface area contributed by atoms with Crippen molar-refractivity contribution in [1.29, 1.82) is 0 Å². The molecule has 0 N–H and O–H groups in total. The Hall–Kier alpha value is -6.21. The second-order valence-electron chi connectivity index (χ2n) is 13.4. The summed E-state index contributed by atoms with van der Waals surface area (Å²) in [6, 6.07) is 23.9. The number of carbonyl (C=O) groups is 7. The molecule has 9 atom stereocenters. The Morgan fingerprint density at radius 2 is 0.918 bits per heavy atom. The number of benzene rings is 3. The monoisotopic (exact) mass is 852 g/mol. The molecule has 61 heavy (non-hydrogen) atoms. The molecule has 0 spiro atoms. The van der Waals surface area contributed by atoms with Crippen molar-refractivity contribution in [2.24, 2.45) is 0 Å². The van der Waals surface area contributed by atoms with Crippen LogP contribution in [0.4, 0.5) is 0 Å². The highest BCUT2D eigenvalue weighted by Gasteiger charge is 2.53. The van der Waals surface area contributed by atoms with E-state index in [1.807, 2.05) is 0 Å². The molecule has 4 rings (SSSR count).